The molecule has 250 valence electrons. The summed E-state index contributed by atoms with van der Waals surface area (Å²) in [5.74, 6) is -1.26. The van der Waals surface area contributed by atoms with Crippen molar-refractivity contribution in [3.8, 4) is 5.75 Å². The van der Waals surface area contributed by atoms with Crippen LogP contribution < -0.4 is 14.8 Å². The second-order valence-corrected chi connectivity index (χ2v) is 15.2. The molecule has 1 saturated carbocycles. The molecule has 7 rings (SSSR count). The molecule has 1 saturated heterocycles. The summed E-state index contributed by atoms with van der Waals surface area (Å²) >= 11 is 0. The van der Waals surface area contributed by atoms with Crippen LogP contribution >= 0.6 is 0 Å². The Bertz CT molecular complexity index is 1880. The van der Waals surface area contributed by atoms with Gasteiger partial charge in [-0.25, -0.2) is 4.72 Å². The molecular formula is C34H41N5O7S. The number of carbonyl (C=O) groups excluding carboxylic acids is 3. The van der Waals surface area contributed by atoms with E-state index in [1.807, 2.05) is 18.2 Å². The van der Waals surface area contributed by atoms with E-state index < -0.39 is 39.9 Å². The zero-order valence-corrected chi connectivity index (χ0v) is 28.0. The second kappa shape index (κ2) is 11.9. The number of nitrogens with one attached hydrogen (secondary N) is 2. The second-order valence-electron chi connectivity index (χ2n) is 13.3. The first-order valence-corrected chi connectivity index (χ1v) is 17.7. The van der Waals surface area contributed by atoms with Crippen molar-refractivity contribution >= 4 is 38.8 Å². The molecule has 3 amide bonds. The molecule has 2 fully saturated rings. The van der Waals surface area contributed by atoms with Crippen molar-refractivity contribution < 1.29 is 32.3 Å². The van der Waals surface area contributed by atoms with Crippen LogP contribution in [0.25, 0.3) is 10.9 Å². The van der Waals surface area contributed by atoms with Gasteiger partial charge in [-0.1, -0.05) is 37.5 Å². The minimum Gasteiger partial charge on any atom is -0.496 e. The zero-order chi connectivity index (χ0) is 33.2. The van der Waals surface area contributed by atoms with Gasteiger partial charge >= 0.3 is 22.0 Å². The van der Waals surface area contributed by atoms with Gasteiger partial charge < -0.3 is 24.3 Å². The standard InChI is InChI=1S/C34H41N5O7S/c1-37(2)47(43,44)36-32(40)30-24-18-39-26(15-23-27(46-4)14-13-21(31(23)39)19-9-6-5-7-10-19)29-22(28(24)30)11-8-12-25(29)35-33(41)34(42)38-16-20(17-38)45-3/h8,11,13-15,19-20,25,29H,5-7,9-10,12,16-18H2,1-4H3,(H,35,41)(H,36,40)/t25-,29?/m1/s1. The van der Waals surface area contributed by atoms with Crippen molar-refractivity contribution in [2.45, 2.75) is 69.1 Å². The normalized spacial score (nSPS) is 22.8. The monoisotopic (exact) mass is 663 g/mol. The van der Waals surface area contributed by atoms with E-state index in [2.05, 4.69) is 26.7 Å². The van der Waals surface area contributed by atoms with E-state index in [-0.39, 0.29) is 6.10 Å². The number of methoxy groups -OCH3 is 2. The highest BCUT2D eigenvalue weighted by Crippen LogP contribution is 2.54. The van der Waals surface area contributed by atoms with Gasteiger partial charge in [0.1, 0.15) is 5.75 Å². The number of aromatic nitrogens is 1. The number of amides is 3. The molecule has 3 aliphatic carbocycles. The van der Waals surface area contributed by atoms with E-state index in [1.54, 1.807) is 14.2 Å². The van der Waals surface area contributed by atoms with Gasteiger partial charge in [-0.2, -0.15) is 12.7 Å². The van der Waals surface area contributed by atoms with Crippen LogP contribution in [0, 0.1) is 0 Å². The average Bonchev–Trinajstić information content (AvgIpc) is 3.66. The number of hydrogen-bond acceptors (Lipinski definition) is 7. The van der Waals surface area contributed by atoms with Gasteiger partial charge in [-0.15, -0.1) is 0 Å². The van der Waals surface area contributed by atoms with E-state index in [1.165, 1.54) is 31.0 Å². The van der Waals surface area contributed by atoms with E-state index >= 15 is 0 Å². The first-order valence-electron chi connectivity index (χ1n) is 16.3. The molecule has 13 heteroatoms. The highest BCUT2D eigenvalue weighted by atomic mass is 32.2. The lowest BCUT2D eigenvalue weighted by Crippen LogP contribution is -2.59. The number of rotatable bonds is 7. The lowest BCUT2D eigenvalue weighted by Gasteiger charge is -2.38. The maximum Gasteiger partial charge on any atom is 0.312 e. The number of fused-ring (bicyclic) bond motifs is 6. The third kappa shape index (κ3) is 5.38. The largest absolute Gasteiger partial charge is 0.496 e. The van der Waals surface area contributed by atoms with Crippen LogP contribution in [-0.2, 0) is 35.9 Å². The molecule has 47 heavy (non-hydrogen) atoms. The van der Waals surface area contributed by atoms with Crippen molar-refractivity contribution in [1.82, 2.24) is 23.8 Å². The van der Waals surface area contributed by atoms with Crippen LogP contribution in [0.2, 0.25) is 0 Å². The van der Waals surface area contributed by atoms with Crippen LogP contribution in [-0.4, -0.2) is 93.5 Å². The Hall–Kier alpha value is -3.94. The number of allylic oxidation sites excluding steroid dienone is 2. The van der Waals surface area contributed by atoms with Gasteiger partial charge in [-0.05, 0) is 59.6 Å². The highest BCUT2D eigenvalue weighted by Gasteiger charge is 2.47. The first-order chi connectivity index (χ1) is 22.5. The Morgan fingerprint density at radius 3 is 2.47 bits per heavy atom. The summed E-state index contributed by atoms with van der Waals surface area (Å²) in [5, 5.41) is 3.99. The third-order valence-corrected chi connectivity index (χ3v) is 11.8. The number of hydrogen-bond donors (Lipinski definition) is 2. The van der Waals surface area contributed by atoms with Crippen LogP contribution in [0.5, 0.6) is 5.75 Å². The number of benzene rings is 1. The minimum atomic E-state index is -4.02. The van der Waals surface area contributed by atoms with Crippen molar-refractivity contribution in [3.05, 3.63) is 63.9 Å². The van der Waals surface area contributed by atoms with E-state index in [0.29, 0.717) is 43.1 Å². The fraction of sp³-hybridized carbons (Fsp3) is 0.500. The van der Waals surface area contributed by atoms with Gasteiger partial charge in [0.05, 0.1) is 24.3 Å². The van der Waals surface area contributed by atoms with Crippen LogP contribution in [0.4, 0.5) is 0 Å². The molecular weight excluding hydrogens is 622 g/mol. The summed E-state index contributed by atoms with van der Waals surface area (Å²) in [6, 6.07) is 5.82. The Balaban J connectivity index is 1.34. The molecule has 12 nitrogen and oxygen atoms in total. The Morgan fingerprint density at radius 1 is 1.04 bits per heavy atom. The number of likely N-dealkylation sites (tertiary alicyclic amines) is 1. The molecule has 3 heterocycles. The maximum absolute atomic E-state index is 13.5. The number of ether oxygens (including phenoxy) is 2. The predicted octanol–water partition coefficient (Wildman–Crippen LogP) is 2.63. The smallest absolute Gasteiger partial charge is 0.312 e. The Kier molecular flexibility index (Phi) is 8.04. The minimum absolute atomic E-state index is 0.0770. The summed E-state index contributed by atoms with van der Waals surface area (Å²) < 4.78 is 41.8. The quantitative estimate of drug-likeness (QED) is 0.435. The van der Waals surface area contributed by atoms with Crippen molar-refractivity contribution in [2.75, 3.05) is 41.4 Å². The summed E-state index contributed by atoms with van der Waals surface area (Å²) in [6.45, 7) is 1.10. The average molecular weight is 664 g/mol. The predicted molar refractivity (Wildman–Crippen MR) is 175 cm³/mol. The van der Waals surface area contributed by atoms with Crippen molar-refractivity contribution in [3.63, 3.8) is 0 Å². The zero-order valence-electron chi connectivity index (χ0n) is 27.2. The van der Waals surface area contributed by atoms with E-state index in [9.17, 15) is 22.8 Å². The summed E-state index contributed by atoms with van der Waals surface area (Å²) in [4.78, 5) is 41.4. The molecule has 0 spiro atoms. The first kappa shape index (κ1) is 31.6. The van der Waals surface area contributed by atoms with Gasteiger partial charge in [0.25, 0.3) is 5.91 Å². The van der Waals surface area contributed by atoms with E-state index in [0.717, 1.165) is 63.5 Å². The molecule has 1 unspecified atom stereocenters. The third-order valence-electron chi connectivity index (χ3n) is 10.4. The van der Waals surface area contributed by atoms with Gasteiger partial charge in [0.15, 0.2) is 0 Å². The van der Waals surface area contributed by atoms with Crippen LogP contribution in [0.1, 0.15) is 61.6 Å². The Morgan fingerprint density at radius 2 is 1.79 bits per heavy atom. The molecule has 1 aromatic heterocycles. The van der Waals surface area contributed by atoms with Crippen molar-refractivity contribution in [1.29, 1.82) is 0 Å². The molecule has 2 aromatic rings. The molecule has 2 atom stereocenters. The molecule has 5 aliphatic rings. The fourth-order valence-corrected chi connectivity index (χ4v) is 8.31. The summed E-state index contributed by atoms with van der Waals surface area (Å²) in [7, 11) is 1.95. The SMILES string of the molecule is COc1ccc(C2CCCCC2)c2c1cc1n2CC2=C(C(=O)NS(=O)(=O)N(C)C)C2=C2C=CC[C@@H](NC(=O)C(=O)N3CC(OC)C3)C21. The molecule has 2 aliphatic heterocycles. The maximum atomic E-state index is 13.5. The fourth-order valence-electron chi connectivity index (χ4n) is 7.79. The van der Waals surface area contributed by atoms with Crippen LogP contribution in [0.15, 0.2) is 52.6 Å². The lowest BCUT2D eigenvalue weighted by atomic mass is 9.81. The topological polar surface area (TPSA) is 139 Å². The molecule has 2 N–H and O–H groups in total. The molecule has 0 bridgehead atoms. The highest BCUT2D eigenvalue weighted by molar-refractivity contribution is 7.87. The van der Waals surface area contributed by atoms with Gasteiger partial charge in [0.2, 0.25) is 0 Å². The van der Waals surface area contributed by atoms with Gasteiger partial charge in [-0.3, -0.25) is 14.4 Å². The lowest BCUT2D eigenvalue weighted by molar-refractivity contribution is -0.154. The molecule has 0 radical (unpaired) electrons. The Labute approximate surface area is 274 Å². The number of nitrogens with zero attached hydrogens (tertiary/aromatic N) is 3. The molecule has 1 aromatic carbocycles. The summed E-state index contributed by atoms with van der Waals surface area (Å²) in [5.41, 5.74) is 5.87. The van der Waals surface area contributed by atoms with Gasteiger partial charge in [0, 0.05) is 63.9 Å². The van der Waals surface area contributed by atoms with Crippen LogP contribution in [0.3, 0.4) is 0 Å². The number of carbonyl (C=O) groups is 3. The summed E-state index contributed by atoms with van der Waals surface area (Å²) in [6.07, 6.45) is 10.0. The van der Waals surface area contributed by atoms with Crippen molar-refractivity contribution in [2.24, 2.45) is 0 Å². The van der Waals surface area contributed by atoms with E-state index in [4.69, 9.17) is 9.47 Å².